The first-order chi connectivity index (χ1) is 7.65. The third-order valence-electron chi connectivity index (χ3n) is 1.73. The van der Waals surface area contributed by atoms with Crippen molar-refractivity contribution in [3.8, 4) is 0 Å². The maximum atomic E-state index is 11.2. The lowest BCUT2D eigenvalue weighted by atomic mass is 10.4. The minimum atomic E-state index is -0.596. The van der Waals surface area contributed by atoms with Gasteiger partial charge >= 0.3 is 5.97 Å². The number of hydrogen-bond donors (Lipinski definition) is 2. The predicted molar refractivity (Wildman–Crippen MR) is 59.8 cm³/mol. The maximum Gasteiger partial charge on any atom is 0.355 e. The van der Waals surface area contributed by atoms with Gasteiger partial charge in [0, 0.05) is 6.20 Å². The smallest absolute Gasteiger partial charge is 0.355 e. The van der Waals surface area contributed by atoms with Gasteiger partial charge in [0.25, 0.3) is 0 Å². The molecule has 1 aromatic heterocycles. The van der Waals surface area contributed by atoms with Crippen molar-refractivity contribution in [1.29, 1.82) is 0 Å². The summed E-state index contributed by atoms with van der Waals surface area (Å²) in [5.74, 6) is 5.06. The first-order valence-corrected chi connectivity index (χ1v) is 4.73. The van der Waals surface area contributed by atoms with Crippen molar-refractivity contribution in [3.05, 3.63) is 36.4 Å². The number of nitrogens with zero attached hydrogens (tertiary/aromatic N) is 2. The van der Waals surface area contributed by atoms with E-state index >= 15 is 0 Å². The molecule has 0 amide bonds. The lowest BCUT2D eigenvalue weighted by Gasteiger charge is -2.13. The average Bonchev–Trinajstić information content (AvgIpc) is 2.30. The van der Waals surface area contributed by atoms with E-state index in [4.69, 9.17) is 16.3 Å². The molecule has 0 atom stereocenters. The van der Waals surface area contributed by atoms with E-state index in [0.29, 0.717) is 5.69 Å². The van der Waals surface area contributed by atoms with Crippen molar-refractivity contribution in [3.63, 3.8) is 0 Å². The summed E-state index contributed by atoms with van der Waals surface area (Å²) in [5.41, 5.74) is 6.04. The van der Waals surface area contributed by atoms with E-state index in [2.05, 4.69) is 4.98 Å². The van der Waals surface area contributed by atoms with Gasteiger partial charge in [-0.2, -0.15) is 0 Å². The summed E-state index contributed by atoms with van der Waals surface area (Å²) in [4.78, 5) is 15.1. The first-order valence-electron chi connectivity index (χ1n) is 4.73. The summed E-state index contributed by atoms with van der Waals surface area (Å²) >= 11 is 0. The van der Waals surface area contributed by atoms with E-state index in [9.17, 15) is 4.79 Å². The Labute approximate surface area is 93.5 Å². The van der Waals surface area contributed by atoms with Gasteiger partial charge in [-0.25, -0.2) is 10.6 Å². The highest BCUT2D eigenvalue weighted by Crippen LogP contribution is 2.08. The van der Waals surface area contributed by atoms with E-state index < -0.39 is 5.97 Å². The molecule has 0 aliphatic heterocycles. The van der Waals surface area contributed by atoms with Gasteiger partial charge in [0.05, 0.1) is 24.7 Å². The summed E-state index contributed by atoms with van der Waals surface area (Å²) in [6, 6.07) is 3.46. The fourth-order valence-electron chi connectivity index (χ4n) is 0.998. The molecule has 0 saturated carbocycles. The molecule has 6 heteroatoms. The Morgan fingerprint density at radius 2 is 2.44 bits per heavy atom. The van der Waals surface area contributed by atoms with Crippen LogP contribution in [0.1, 0.15) is 6.92 Å². The number of aromatic nitrogens is 1. The minimum Gasteiger partial charge on any atom is -0.461 e. The normalized spacial score (nSPS) is 11.0. The van der Waals surface area contributed by atoms with Crippen LogP contribution in [0.3, 0.4) is 0 Å². The largest absolute Gasteiger partial charge is 0.461 e. The number of nitrogens with two attached hydrogens (primary N) is 2. The van der Waals surface area contributed by atoms with E-state index in [-0.39, 0.29) is 12.3 Å². The minimum absolute atomic E-state index is 0.0618. The Morgan fingerprint density at radius 3 is 3.00 bits per heavy atom. The Hall–Kier alpha value is -2.08. The van der Waals surface area contributed by atoms with E-state index in [0.717, 1.165) is 0 Å². The fourth-order valence-corrected chi connectivity index (χ4v) is 0.998. The third-order valence-corrected chi connectivity index (χ3v) is 1.73. The summed E-state index contributed by atoms with van der Waals surface area (Å²) < 4.78 is 4.71. The van der Waals surface area contributed by atoms with Gasteiger partial charge in [-0.05, 0) is 19.1 Å². The summed E-state index contributed by atoms with van der Waals surface area (Å²) in [5, 5.41) is 1.21. The molecular formula is C10H14N4O2. The topological polar surface area (TPSA) is 94.5 Å². The zero-order valence-electron chi connectivity index (χ0n) is 8.96. The Bertz CT molecular complexity index is 378. The lowest BCUT2D eigenvalue weighted by Crippen LogP contribution is -2.28. The van der Waals surface area contributed by atoms with Crippen LogP contribution in [0.4, 0.5) is 5.69 Å². The number of rotatable bonds is 4. The van der Waals surface area contributed by atoms with Gasteiger partial charge in [0.1, 0.15) is 5.70 Å². The fraction of sp³-hybridized carbons (Fsp3) is 0.200. The second kappa shape index (κ2) is 5.72. The first kappa shape index (κ1) is 12.0. The van der Waals surface area contributed by atoms with Crippen LogP contribution in [-0.2, 0) is 9.53 Å². The molecule has 0 radical (unpaired) electrons. The van der Waals surface area contributed by atoms with Crippen LogP contribution in [-0.4, -0.2) is 17.6 Å². The number of anilines is 1. The summed E-state index contributed by atoms with van der Waals surface area (Å²) in [7, 11) is 0. The molecule has 0 bridgehead atoms. The number of hydrazine groups is 1. The van der Waals surface area contributed by atoms with Gasteiger partial charge in [-0.1, -0.05) is 0 Å². The van der Waals surface area contributed by atoms with E-state index in [1.807, 2.05) is 0 Å². The number of esters is 1. The van der Waals surface area contributed by atoms with Crippen LogP contribution < -0.4 is 16.6 Å². The van der Waals surface area contributed by atoms with Gasteiger partial charge < -0.3 is 10.5 Å². The van der Waals surface area contributed by atoms with Crippen molar-refractivity contribution in [2.75, 3.05) is 11.6 Å². The third kappa shape index (κ3) is 3.25. The molecule has 16 heavy (non-hydrogen) atoms. The summed E-state index contributed by atoms with van der Waals surface area (Å²) in [6.07, 6.45) is 4.46. The molecule has 4 N–H and O–H groups in total. The Balaban J connectivity index is 2.73. The molecule has 0 aliphatic rings. The van der Waals surface area contributed by atoms with Gasteiger partial charge in [-0.15, -0.1) is 0 Å². The van der Waals surface area contributed by atoms with Crippen molar-refractivity contribution >= 4 is 11.7 Å². The molecule has 86 valence electrons. The van der Waals surface area contributed by atoms with E-state index in [1.54, 1.807) is 31.5 Å². The zero-order chi connectivity index (χ0) is 12.0. The molecule has 1 aromatic rings. The molecule has 0 aliphatic carbocycles. The van der Waals surface area contributed by atoms with Gasteiger partial charge in [0.2, 0.25) is 0 Å². The molecule has 0 fully saturated rings. The standard InChI is InChI=1S/C10H14N4O2/c1-2-16-10(15)9(11)7-14(12)8-4-3-5-13-6-8/h3-7H,2,11-12H2,1H3/b9-7-. The van der Waals surface area contributed by atoms with Crippen LogP contribution in [0, 0.1) is 0 Å². The molecule has 0 saturated heterocycles. The molecule has 0 spiro atoms. The van der Waals surface area contributed by atoms with Crippen LogP contribution in [0.15, 0.2) is 36.4 Å². The van der Waals surface area contributed by atoms with Gasteiger partial charge in [-0.3, -0.25) is 9.99 Å². The van der Waals surface area contributed by atoms with Crippen LogP contribution >= 0.6 is 0 Å². The lowest BCUT2D eigenvalue weighted by molar-refractivity contribution is -0.138. The van der Waals surface area contributed by atoms with Crippen molar-refractivity contribution in [2.24, 2.45) is 11.6 Å². The molecule has 1 rings (SSSR count). The molecular weight excluding hydrogens is 208 g/mol. The van der Waals surface area contributed by atoms with Crippen molar-refractivity contribution < 1.29 is 9.53 Å². The highest BCUT2D eigenvalue weighted by atomic mass is 16.5. The molecule has 6 nitrogen and oxygen atoms in total. The highest BCUT2D eigenvalue weighted by molar-refractivity contribution is 5.87. The monoisotopic (exact) mass is 222 g/mol. The number of pyridine rings is 1. The number of carbonyl (C=O) groups excluding carboxylic acids is 1. The van der Waals surface area contributed by atoms with Crippen LogP contribution in [0.25, 0.3) is 0 Å². The highest BCUT2D eigenvalue weighted by Gasteiger charge is 2.07. The van der Waals surface area contributed by atoms with Crippen LogP contribution in [0.2, 0.25) is 0 Å². The average molecular weight is 222 g/mol. The second-order valence-electron chi connectivity index (χ2n) is 2.92. The quantitative estimate of drug-likeness (QED) is 0.325. The molecule has 0 unspecified atom stereocenters. The second-order valence-corrected chi connectivity index (χ2v) is 2.92. The Morgan fingerprint density at radius 1 is 1.69 bits per heavy atom. The maximum absolute atomic E-state index is 11.2. The van der Waals surface area contributed by atoms with E-state index in [1.165, 1.54) is 11.2 Å². The summed E-state index contributed by atoms with van der Waals surface area (Å²) in [6.45, 7) is 1.97. The predicted octanol–water partition coefficient (Wildman–Crippen LogP) is 0.125. The van der Waals surface area contributed by atoms with Crippen molar-refractivity contribution in [2.45, 2.75) is 6.92 Å². The number of ether oxygens (including phenoxy) is 1. The molecule has 0 aromatic carbocycles. The number of carbonyl (C=O) groups is 1. The van der Waals surface area contributed by atoms with Crippen molar-refractivity contribution in [1.82, 2.24) is 4.98 Å². The van der Waals surface area contributed by atoms with Gasteiger partial charge in [0.15, 0.2) is 0 Å². The Kier molecular flexibility index (Phi) is 4.28. The SMILES string of the molecule is CCOC(=O)/C(N)=C/N(N)c1cccnc1. The zero-order valence-corrected chi connectivity index (χ0v) is 8.96. The number of hydrogen-bond acceptors (Lipinski definition) is 6. The molecule has 1 heterocycles. The van der Waals surface area contributed by atoms with Crippen LogP contribution in [0.5, 0.6) is 0 Å².